The van der Waals surface area contributed by atoms with Crippen molar-refractivity contribution in [3.8, 4) is 0 Å². The molecule has 0 radical (unpaired) electrons. The summed E-state index contributed by atoms with van der Waals surface area (Å²) < 4.78 is 0. The molecule has 0 aliphatic rings. The van der Waals surface area contributed by atoms with E-state index in [1.165, 1.54) is 0 Å². The number of halogens is 1. The first-order valence-corrected chi connectivity index (χ1v) is 5.43. The fraction of sp³-hybridized carbons (Fsp3) is 0.462. The van der Waals surface area contributed by atoms with Crippen molar-refractivity contribution in [3.63, 3.8) is 0 Å². The van der Waals surface area contributed by atoms with Crippen LogP contribution in [0.1, 0.15) is 42.3 Å². The van der Waals surface area contributed by atoms with Crippen LogP contribution in [0, 0.1) is 0 Å². The van der Waals surface area contributed by atoms with E-state index in [2.05, 4.69) is 0 Å². The Morgan fingerprint density at radius 1 is 1.35 bits per heavy atom. The molecule has 0 aliphatic heterocycles. The predicted molar refractivity (Wildman–Crippen MR) is 72.1 cm³/mol. The average Bonchev–Trinajstić information content (AvgIpc) is 2.16. The van der Waals surface area contributed by atoms with Gasteiger partial charge in [0.05, 0.1) is 5.56 Å². The van der Waals surface area contributed by atoms with Crippen LogP contribution in [-0.4, -0.2) is 17.6 Å². The first-order chi connectivity index (χ1) is 7.36. The van der Waals surface area contributed by atoms with Gasteiger partial charge in [0, 0.05) is 0 Å². The van der Waals surface area contributed by atoms with Gasteiger partial charge >= 0.3 is 5.97 Å². The van der Waals surface area contributed by atoms with Crippen LogP contribution in [0.15, 0.2) is 18.2 Å². The van der Waals surface area contributed by atoms with Crippen LogP contribution in [0.5, 0.6) is 0 Å². The van der Waals surface area contributed by atoms with Gasteiger partial charge in [-0.15, -0.1) is 12.4 Å². The van der Waals surface area contributed by atoms with Crippen LogP contribution >= 0.6 is 12.4 Å². The number of hydrogen-bond acceptors (Lipinski definition) is 2. The summed E-state index contributed by atoms with van der Waals surface area (Å²) in [7, 11) is 0. The van der Waals surface area contributed by atoms with Gasteiger partial charge in [0.15, 0.2) is 0 Å². The highest BCUT2D eigenvalue weighted by Crippen LogP contribution is 2.27. The van der Waals surface area contributed by atoms with Gasteiger partial charge in [-0.05, 0) is 35.6 Å². The Kier molecular flexibility index (Phi) is 5.66. The lowest BCUT2D eigenvalue weighted by Crippen LogP contribution is -2.17. The molecule has 0 spiro atoms. The van der Waals surface area contributed by atoms with E-state index in [1.807, 2.05) is 32.9 Å². The second-order valence-corrected chi connectivity index (χ2v) is 4.97. The molecule has 3 nitrogen and oxygen atoms in total. The number of hydrogen-bond donors (Lipinski definition) is 2. The Hall–Kier alpha value is -1.06. The molecule has 0 saturated carbocycles. The molecule has 3 N–H and O–H groups in total. The third-order valence-corrected chi connectivity index (χ3v) is 2.56. The highest BCUT2D eigenvalue weighted by Gasteiger charge is 2.21. The third kappa shape index (κ3) is 4.02. The van der Waals surface area contributed by atoms with Crippen molar-refractivity contribution in [1.82, 2.24) is 0 Å². The maximum atomic E-state index is 11.1. The molecule has 0 atom stereocenters. The van der Waals surface area contributed by atoms with E-state index in [-0.39, 0.29) is 17.8 Å². The SMILES string of the molecule is CC(C)(C)c1cc(CCN)ccc1C(=O)O.Cl. The number of rotatable bonds is 3. The first kappa shape index (κ1) is 15.9. The Labute approximate surface area is 108 Å². The maximum absolute atomic E-state index is 11.1. The van der Waals surface area contributed by atoms with Crippen molar-refractivity contribution in [2.24, 2.45) is 5.73 Å². The van der Waals surface area contributed by atoms with Gasteiger partial charge in [-0.1, -0.05) is 32.9 Å². The molecular weight excluding hydrogens is 238 g/mol. The van der Waals surface area contributed by atoms with E-state index in [4.69, 9.17) is 10.8 Å². The third-order valence-electron chi connectivity index (χ3n) is 2.56. The molecule has 1 aromatic rings. The molecule has 4 heteroatoms. The minimum absolute atomic E-state index is 0. The second kappa shape index (κ2) is 6.03. The van der Waals surface area contributed by atoms with Gasteiger partial charge < -0.3 is 10.8 Å². The Bertz CT molecular complexity index is 397. The minimum Gasteiger partial charge on any atom is -0.478 e. The smallest absolute Gasteiger partial charge is 0.335 e. The Morgan fingerprint density at radius 3 is 2.35 bits per heavy atom. The fourth-order valence-electron chi connectivity index (χ4n) is 1.72. The van der Waals surface area contributed by atoms with Crippen molar-refractivity contribution in [2.75, 3.05) is 6.54 Å². The summed E-state index contributed by atoms with van der Waals surface area (Å²) in [5, 5.41) is 9.13. The van der Waals surface area contributed by atoms with Crippen molar-refractivity contribution < 1.29 is 9.90 Å². The topological polar surface area (TPSA) is 63.3 Å². The van der Waals surface area contributed by atoms with Gasteiger partial charge in [-0.3, -0.25) is 0 Å². The molecule has 0 fully saturated rings. The van der Waals surface area contributed by atoms with E-state index >= 15 is 0 Å². The molecule has 0 unspecified atom stereocenters. The lowest BCUT2D eigenvalue weighted by atomic mass is 9.82. The van der Waals surface area contributed by atoms with E-state index in [9.17, 15) is 4.79 Å². The van der Waals surface area contributed by atoms with Gasteiger partial charge in [0.2, 0.25) is 0 Å². The van der Waals surface area contributed by atoms with Crippen LogP contribution in [0.2, 0.25) is 0 Å². The molecule has 17 heavy (non-hydrogen) atoms. The van der Waals surface area contributed by atoms with E-state index in [1.54, 1.807) is 6.07 Å². The normalized spacial score (nSPS) is 10.8. The molecule has 0 heterocycles. The number of carboxylic acids is 1. The number of carboxylic acid groups (broad SMARTS) is 1. The summed E-state index contributed by atoms with van der Waals surface area (Å²) in [6.45, 7) is 6.62. The van der Waals surface area contributed by atoms with Gasteiger partial charge in [-0.25, -0.2) is 4.79 Å². The summed E-state index contributed by atoms with van der Waals surface area (Å²) in [4.78, 5) is 11.1. The number of carbonyl (C=O) groups is 1. The van der Waals surface area contributed by atoms with E-state index in [0.29, 0.717) is 12.1 Å². The molecular formula is C13H20ClNO2. The van der Waals surface area contributed by atoms with Crippen molar-refractivity contribution >= 4 is 18.4 Å². The highest BCUT2D eigenvalue weighted by molar-refractivity contribution is 5.90. The zero-order chi connectivity index (χ0) is 12.3. The second-order valence-electron chi connectivity index (χ2n) is 4.97. The molecule has 0 amide bonds. The van der Waals surface area contributed by atoms with Crippen molar-refractivity contribution in [2.45, 2.75) is 32.6 Å². The molecule has 0 aromatic heterocycles. The number of aromatic carboxylic acids is 1. The summed E-state index contributed by atoms with van der Waals surface area (Å²) in [5.41, 5.74) is 7.68. The van der Waals surface area contributed by atoms with Crippen LogP contribution in [0.25, 0.3) is 0 Å². The van der Waals surface area contributed by atoms with Crippen LogP contribution in [0.4, 0.5) is 0 Å². The Morgan fingerprint density at radius 2 is 1.94 bits per heavy atom. The highest BCUT2D eigenvalue weighted by atomic mass is 35.5. The average molecular weight is 258 g/mol. The lowest BCUT2D eigenvalue weighted by Gasteiger charge is -2.22. The fourth-order valence-corrected chi connectivity index (χ4v) is 1.72. The minimum atomic E-state index is -0.871. The number of benzene rings is 1. The standard InChI is InChI=1S/C13H19NO2.ClH/c1-13(2,3)11-8-9(6-7-14)4-5-10(11)12(15)16;/h4-5,8H,6-7,14H2,1-3H3,(H,15,16);1H. The van der Waals surface area contributed by atoms with Crippen LogP contribution in [-0.2, 0) is 11.8 Å². The Balaban J connectivity index is 0.00000256. The number of nitrogens with two attached hydrogens (primary N) is 1. The molecule has 0 bridgehead atoms. The maximum Gasteiger partial charge on any atom is 0.335 e. The zero-order valence-electron chi connectivity index (χ0n) is 10.5. The van der Waals surface area contributed by atoms with Gasteiger partial charge in [0.25, 0.3) is 0 Å². The quantitative estimate of drug-likeness (QED) is 0.875. The summed E-state index contributed by atoms with van der Waals surface area (Å²) in [5.74, 6) is -0.871. The molecule has 96 valence electrons. The molecule has 1 aromatic carbocycles. The van der Waals surface area contributed by atoms with Gasteiger partial charge in [0.1, 0.15) is 0 Å². The molecule has 1 rings (SSSR count). The van der Waals surface area contributed by atoms with Crippen LogP contribution < -0.4 is 5.73 Å². The first-order valence-electron chi connectivity index (χ1n) is 5.43. The summed E-state index contributed by atoms with van der Waals surface area (Å²) >= 11 is 0. The summed E-state index contributed by atoms with van der Waals surface area (Å²) in [6, 6.07) is 5.47. The van der Waals surface area contributed by atoms with E-state index < -0.39 is 5.97 Å². The van der Waals surface area contributed by atoms with Gasteiger partial charge in [-0.2, -0.15) is 0 Å². The van der Waals surface area contributed by atoms with Crippen molar-refractivity contribution in [3.05, 3.63) is 34.9 Å². The van der Waals surface area contributed by atoms with Crippen molar-refractivity contribution in [1.29, 1.82) is 0 Å². The molecule has 0 aliphatic carbocycles. The van der Waals surface area contributed by atoms with E-state index in [0.717, 1.165) is 17.5 Å². The summed E-state index contributed by atoms with van der Waals surface area (Å²) in [6.07, 6.45) is 0.781. The zero-order valence-corrected chi connectivity index (χ0v) is 11.3. The predicted octanol–water partition coefficient (Wildman–Crippen LogP) is 2.61. The lowest BCUT2D eigenvalue weighted by molar-refractivity contribution is 0.0694. The van der Waals surface area contributed by atoms with Crippen LogP contribution in [0.3, 0.4) is 0 Å². The largest absolute Gasteiger partial charge is 0.478 e. The molecule has 0 saturated heterocycles. The monoisotopic (exact) mass is 257 g/mol.